The van der Waals surface area contributed by atoms with Gasteiger partial charge in [-0.05, 0) is 19.4 Å². The zero-order valence-corrected chi connectivity index (χ0v) is 9.32. The van der Waals surface area contributed by atoms with Crippen molar-refractivity contribution >= 4 is 5.91 Å². The van der Waals surface area contributed by atoms with Crippen LogP contribution in [0.3, 0.4) is 0 Å². The Morgan fingerprint density at radius 2 is 2.56 bits per heavy atom. The Hall–Kier alpha value is -1.43. The molecule has 1 aromatic rings. The van der Waals surface area contributed by atoms with Gasteiger partial charge in [0.15, 0.2) is 5.82 Å². The molecule has 0 radical (unpaired) electrons. The summed E-state index contributed by atoms with van der Waals surface area (Å²) in [4.78, 5) is 15.8. The summed E-state index contributed by atoms with van der Waals surface area (Å²) in [5, 5.41) is 9.74. The highest BCUT2D eigenvalue weighted by atomic mass is 16.5. The molecule has 6 heteroatoms. The van der Waals surface area contributed by atoms with Gasteiger partial charge >= 0.3 is 0 Å². The quantitative estimate of drug-likeness (QED) is 0.755. The van der Waals surface area contributed by atoms with Crippen LogP contribution in [0, 0.1) is 12.8 Å². The first-order valence-electron chi connectivity index (χ1n) is 5.53. The smallest absolute Gasteiger partial charge is 0.224 e. The van der Waals surface area contributed by atoms with E-state index in [1.54, 1.807) is 6.92 Å². The third-order valence-corrected chi connectivity index (χ3v) is 2.66. The molecule has 6 nitrogen and oxygen atoms in total. The standard InChI is InChI=1S/C10H16N4O2/c1-7-13-9(14-16-7)6-12-10(15)8-3-2-4-11-5-8/h8,11H,2-6H2,1H3,(H,12,15)/t8-/m1/s1. The van der Waals surface area contributed by atoms with Crippen LogP contribution in [0.5, 0.6) is 0 Å². The summed E-state index contributed by atoms with van der Waals surface area (Å²) in [5.74, 6) is 1.18. The first-order valence-corrected chi connectivity index (χ1v) is 5.53. The second-order valence-corrected chi connectivity index (χ2v) is 3.99. The van der Waals surface area contributed by atoms with Gasteiger partial charge in [0, 0.05) is 13.5 Å². The van der Waals surface area contributed by atoms with Gasteiger partial charge in [0.05, 0.1) is 12.5 Å². The fraction of sp³-hybridized carbons (Fsp3) is 0.700. The number of amides is 1. The second kappa shape index (κ2) is 5.07. The van der Waals surface area contributed by atoms with Crippen molar-refractivity contribution < 1.29 is 9.32 Å². The molecule has 1 fully saturated rings. The van der Waals surface area contributed by atoms with Gasteiger partial charge in [-0.2, -0.15) is 4.98 Å². The summed E-state index contributed by atoms with van der Waals surface area (Å²) in [6.07, 6.45) is 2.00. The lowest BCUT2D eigenvalue weighted by Gasteiger charge is -2.21. The lowest BCUT2D eigenvalue weighted by atomic mass is 9.99. The zero-order chi connectivity index (χ0) is 11.4. The number of aromatic nitrogens is 2. The first-order chi connectivity index (χ1) is 7.75. The molecule has 0 unspecified atom stereocenters. The number of carbonyl (C=O) groups is 1. The van der Waals surface area contributed by atoms with E-state index in [0.717, 1.165) is 25.9 Å². The molecule has 1 aromatic heterocycles. The number of hydrogen-bond acceptors (Lipinski definition) is 5. The molecule has 2 heterocycles. The van der Waals surface area contributed by atoms with Crippen LogP contribution in [0.4, 0.5) is 0 Å². The summed E-state index contributed by atoms with van der Waals surface area (Å²) in [6, 6.07) is 0. The van der Waals surface area contributed by atoms with Gasteiger partial charge in [0.2, 0.25) is 11.8 Å². The molecule has 1 atom stereocenters. The van der Waals surface area contributed by atoms with Crippen LogP contribution in [0.25, 0.3) is 0 Å². The minimum Gasteiger partial charge on any atom is -0.348 e. The van der Waals surface area contributed by atoms with Gasteiger partial charge in [0.1, 0.15) is 0 Å². The van der Waals surface area contributed by atoms with Crippen LogP contribution >= 0.6 is 0 Å². The highest BCUT2D eigenvalue weighted by Crippen LogP contribution is 2.09. The summed E-state index contributed by atoms with van der Waals surface area (Å²) in [5.41, 5.74) is 0. The number of carbonyl (C=O) groups excluding carboxylic acids is 1. The van der Waals surface area contributed by atoms with E-state index >= 15 is 0 Å². The van der Waals surface area contributed by atoms with Crippen LogP contribution in [0.1, 0.15) is 24.6 Å². The third-order valence-electron chi connectivity index (χ3n) is 2.66. The van der Waals surface area contributed by atoms with Crippen LogP contribution in [0.15, 0.2) is 4.52 Å². The van der Waals surface area contributed by atoms with E-state index in [9.17, 15) is 4.79 Å². The van der Waals surface area contributed by atoms with Crippen LogP contribution in [-0.2, 0) is 11.3 Å². The number of rotatable bonds is 3. The lowest BCUT2D eigenvalue weighted by molar-refractivity contribution is -0.125. The van der Waals surface area contributed by atoms with Gasteiger partial charge in [-0.3, -0.25) is 4.79 Å². The van der Waals surface area contributed by atoms with E-state index in [4.69, 9.17) is 4.52 Å². The molecule has 0 aromatic carbocycles. The normalized spacial score (nSPS) is 20.7. The fourth-order valence-electron chi connectivity index (χ4n) is 1.80. The minimum absolute atomic E-state index is 0.0645. The van der Waals surface area contributed by atoms with Crippen molar-refractivity contribution in [1.29, 1.82) is 0 Å². The largest absolute Gasteiger partial charge is 0.348 e. The maximum absolute atomic E-state index is 11.7. The highest BCUT2D eigenvalue weighted by molar-refractivity contribution is 5.78. The maximum atomic E-state index is 11.7. The molecule has 88 valence electrons. The molecule has 2 rings (SSSR count). The van der Waals surface area contributed by atoms with E-state index in [2.05, 4.69) is 20.8 Å². The number of hydrogen-bond donors (Lipinski definition) is 2. The SMILES string of the molecule is Cc1nc(CNC(=O)[C@@H]2CCCNC2)no1. The van der Waals surface area contributed by atoms with Crippen LogP contribution < -0.4 is 10.6 Å². The predicted octanol–water partition coefficient (Wildman–Crippen LogP) is -0.00618. The van der Waals surface area contributed by atoms with Crippen LogP contribution in [0.2, 0.25) is 0 Å². The Bertz CT molecular complexity index is 357. The molecule has 1 amide bonds. The molecule has 0 saturated carbocycles. The number of aryl methyl sites for hydroxylation is 1. The monoisotopic (exact) mass is 224 g/mol. The van der Waals surface area contributed by atoms with Gasteiger partial charge in [-0.25, -0.2) is 0 Å². The second-order valence-electron chi connectivity index (χ2n) is 3.99. The lowest BCUT2D eigenvalue weighted by Crippen LogP contribution is -2.40. The fourth-order valence-corrected chi connectivity index (χ4v) is 1.80. The van der Waals surface area contributed by atoms with Crippen molar-refractivity contribution in [1.82, 2.24) is 20.8 Å². The summed E-state index contributed by atoms with van der Waals surface area (Å²) in [6.45, 7) is 3.83. The summed E-state index contributed by atoms with van der Waals surface area (Å²) < 4.78 is 4.82. The van der Waals surface area contributed by atoms with Gasteiger partial charge in [-0.15, -0.1) is 0 Å². The molecular formula is C10H16N4O2. The van der Waals surface area contributed by atoms with E-state index in [1.165, 1.54) is 0 Å². The Labute approximate surface area is 93.8 Å². The van der Waals surface area contributed by atoms with Gasteiger partial charge in [0.25, 0.3) is 0 Å². The maximum Gasteiger partial charge on any atom is 0.224 e. The molecule has 0 bridgehead atoms. The van der Waals surface area contributed by atoms with Crippen molar-refractivity contribution in [2.45, 2.75) is 26.3 Å². The van der Waals surface area contributed by atoms with Crippen molar-refractivity contribution in [3.05, 3.63) is 11.7 Å². The first kappa shape index (κ1) is 11.1. The molecule has 2 N–H and O–H groups in total. The Balaban J connectivity index is 1.78. The molecule has 0 aliphatic carbocycles. The number of piperidine rings is 1. The van der Waals surface area contributed by atoms with E-state index in [-0.39, 0.29) is 11.8 Å². The van der Waals surface area contributed by atoms with E-state index < -0.39 is 0 Å². The Morgan fingerprint density at radius 1 is 1.69 bits per heavy atom. The Kier molecular flexibility index (Phi) is 3.51. The molecular weight excluding hydrogens is 208 g/mol. The van der Waals surface area contributed by atoms with E-state index in [0.29, 0.717) is 18.3 Å². The average Bonchev–Trinajstić information content (AvgIpc) is 2.73. The van der Waals surface area contributed by atoms with Crippen LogP contribution in [-0.4, -0.2) is 29.1 Å². The minimum atomic E-state index is 0.0645. The highest BCUT2D eigenvalue weighted by Gasteiger charge is 2.20. The zero-order valence-electron chi connectivity index (χ0n) is 9.32. The van der Waals surface area contributed by atoms with Crippen molar-refractivity contribution in [3.8, 4) is 0 Å². The van der Waals surface area contributed by atoms with Gasteiger partial charge < -0.3 is 15.2 Å². The molecule has 1 saturated heterocycles. The van der Waals surface area contributed by atoms with E-state index in [1.807, 2.05) is 0 Å². The molecule has 0 spiro atoms. The number of nitrogens with zero attached hydrogens (tertiary/aromatic N) is 2. The van der Waals surface area contributed by atoms with Crippen molar-refractivity contribution in [2.75, 3.05) is 13.1 Å². The van der Waals surface area contributed by atoms with Crippen molar-refractivity contribution in [3.63, 3.8) is 0 Å². The third kappa shape index (κ3) is 2.79. The predicted molar refractivity (Wildman–Crippen MR) is 56.5 cm³/mol. The Morgan fingerprint density at radius 3 is 3.19 bits per heavy atom. The average molecular weight is 224 g/mol. The van der Waals surface area contributed by atoms with Crippen molar-refractivity contribution in [2.24, 2.45) is 5.92 Å². The summed E-state index contributed by atoms with van der Waals surface area (Å²) >= 11 is 0. The molecule has 1 aliphatic rings. The molecule has 1 aliphatic heterocycles. The topological polar surface area (TPSA) is 80.0 Å². The molecule has 16 heavy (non-hydrogen) atoms. The summed E-state index contributed by atoms with van der Waals surface area (Å²) in [7, 11) is 0. The van der Waals surface area contributed by atoms with Gasteiger partial charge in [-0.1, -0.05) is 5.16 Å². The number of nitrogens with one attached hydrogen (secondary N) is 2.